The van der Waals surface area contributed by atoms with Crippen LogP contribution in [-0.2, 0) is 0 Å². The number of terminal acetylenes is 1. The van der Waals surface area contributed by atoms with Crippen molar-refractivity contribution in [1.29, 1.82) is 0 Å². The van der Waals surface area contributed by atoms with Gasteiger partial charge in [-0.15, -0.1) is 12.3 Å². The van der Waals surface area contributed by atoms with Crippen molar-refractivity contribution in [2.24, 2.45) is 0 Å². The maximum atomic E-state index is 9.80. The molecule has 0 aliphatic carbocycles. The van der Waals surface area contributed by atoms with E-state index in [-0.39, 0.29) is 6.10 Å². The molecule has 1 aliphatic rings. The Kier molecular flexibility index (Phi) is 5.77. The summed E-state index contributed by atoms with van der Waals surface area (Å²) in [6.07, 6.45) is 7.62. The molecule has 1 N–H and O–H groups in total. The van der Waals surface area contributed by atoms with Crippen molar-refractivity contribution in [2.75, 3.05) is 17.3 Å². The minimum Gasteiger partial charge on any atom is -0.392 e. The van der Waals surface area contributed by atoms with Crippen molar-refractivity contribution in [2.45, 2.75) is 30.6 Å². The van der Waals surface area contributed by atoms with Crippen LogP contribution in [0.3, 0.4) is 0 Å². The van der Waals surface area contributed by atoms with Crippen LogP contribution in [0.15, 0.2) is 0 Å². The Bertz CT molecular complexity index is 170. The second-order valence-electron chi connectivity index (χ2n) is 3.15. The van der Waals surface area contributed by atoms with Gasteiger partial charge in [-0.3, -0.25) is 0 Å². The second kappa shape index (κ2) is 6.64. The van der Waals surface area contributed by atoms with Crippen LogP contribution >= 0.6 is 23.5 Å². The third-order valence-electron chi connectivity index (χ3n) is 2.09. The lowest BCUT2D eigenvalue weighted by atomic mass is 10.1. The molecule has 2 atom stereocenters. The van der Waals surface area contributed by atoms with Gasteiger partial charge in [0.05, 0.1) is 6.10 Å². The number of aliphatic hydroxyl groups is 1. The highest BCUT2D eigenvalue weighted by molar-refractivity contribution is 8.06. The predicted octanol–water partition coefficient (Wildman–Crippen LogP) is 2.00. The van der Waals surface area contributed by atoms with Gasteiger partial charge in [0.2, 0.25) is 0 Å². The Morgan fingerprint density at radius 1 is 1.54 bits per heavy atom. The molecule has 0 amide bonds. The highest BCUT2D eigenvalue weighted by Crippen LogP contribution is 2.28. The second-order valence-corrected chi connectivity index (χ2v) is 5.64. The van der Waals surface area contributed by atoms with E-state index in [1.54, 1.807) is 0 Å². The monoisotopic (exact) mass is 216 g/mol. The molecule has 1 nitrogen and oxygen atoms in total. The summed E-state index contributed by atoms with van der Waals surface area (Å²) >= 11 is 3.86. The molecule has 0 radical (unpaired) electrons. The van der Waals surface area contributed by atoms with E-state index in [0.29, 0.717) is 5.25 Å². The molecule has 13 heavy (non-hydrogen) atoms. The SMILES string of the molecule is C#CCCCC(O)C1CSCCS1. The minimum absolute atomic E-state index is 0.147. The van der Waals surface area contributed by atoms with Gasteiger partial charge in [-0.1, -0.05) is 0 Å². The Morgan fingerprint density at radius 2 is 2.38 bits per heavy atom. The molecular weight excluding hydrogens is 200 g/mol. The fourth-order valence-corrected chi connectivity index (χ4v) is 4.14. The minimum atomic E-state index is -0.147. The van der Waals surface area contributed by atoms with Gasteiger partial charge in [-0.25, -0.2) is 0 Å². The molecule has 1 fully saturated rings. The molecule has 0 aromatic carbocycles. The first kappa shape index (κ1) is 11.3. The molecule has 3 heteroatoms. The molecule has 0 saturated carbocycles. The molecular formula is C10H16OS2. The smallest absolute Gasteiger partial charge is 0.0667 e. The first-order chi connectivity index (χ1) is 6.34. The number of hydrogen-bond donors (Lipinski definition) is 1. The molecule has 0 aromatic rings. The van der Waals surface area contributed by atoms with E-state index in [9.17, 15) is 5.11 Å². The molecule has 2 unspecified atom stereocenters. The first-order valence-corrected chi connectivity index (χ1v) is 6.86. The third kappa shape index (κ3) is 4.30. The van der Waals surface area contributed by atoms with Gasteiger partial charge in [0.15, 0.2) is 0 Å². The van der Waals surface area contributed by atoms with Gasteiger partial charge in [0.1, 0.15) is 0 Å². The Hall–Kier alpha value is 0.220. The number of rotatable bonds is 4. The van der Waals surface area contributed by atoms with Crippen LogP contribution in [0.4, 0.5) is 0 Å². The lowest BCUT2D eigenvalue weighted by Crippen LogP contribution is -2.28. The van der Waals surface area contributed by atoms with Gasteiger partial charge in [0.25, 0.3) is 0 Å². The van der Waals surface area contributed by atoms with Gasteiger partial charge in [-0.05, 0) is 12.8 Å². The molecule has 0 aromatic heterocycles. The number of hydrogen-bond acceptors (Lipinski definition) is 3. The van der Waals surface area contributed by atoms with Crippen molar-refractivity contribution in [3.8, 4) is 12.3 Å². The van der Waals surface area contributed by atoms with Crippen molar-refractivity contribution in [3.05, 3.63) is 0 Å². The van der Waals surface area contributed by atoms with E-state index in [1.165, 1.54) is 11.5 Å². The van der Waals surface area contributed by atoms with E-state index in [0.717, 1.165) is 25.0 Å². The summed E-state index contributed by atoms with van der Waals surface area (Å²) in [5.74, 6) is 6.12. The van der Waals surface area contributed by atoms with Crippen LogP contribution in [0.1, 0.15) is 19.3 Å². The topological polar surface area (TPSA) is 20.2 Å². The van der Waals surface area contributed by atoms with E-state index in [1.807, 2.05) is 23.5 Å². The summed E-state index contributed by atoms with van der Waals surface area (Å²) in [6, 6.07) is 0. The largest absolute Gasteiger partial charge is 0.392 e. The van der Waals surface area contributed by atoms with Crippen LogP contribution in [-0.4, -0.2) is 33.7 Å². The van der Waals surface area contributed by atoms with Gasteiger partial charge < -0.3 is 5.11 Å². The van der Waals surface area contributed by atoms with Crippen LogP contribution in [0.25, 0.3) is 0 Å². The van der Waals surface area contributed by atoms with Crippen molar-refractivity contribution in [3.63, 3.8) is 0 Å². The maximum absolute atomic E-state index is 9.80. The van der Waals surface area contributed by atoms with Crippen LogP contribution < -0.4 is 0 Å². The standard InChI is InChI=1S/C10H16OS2/c1-2-3-4-5-9(11)10-8-12-6-7-13-10/h1,9-11H,3-8H2. The number of unbranched alkanes of at least 4 members (excludes halogenated alkanes) is 1. The summed E-state index contributed by atoms with van der Waals surface area (Å²) in [6.45, 7) is 0. The highest BCUT2D eigenvalue weighted by atomic mass is 32.2. The Morgan fingerprint density at radius 3 is 3.00 bits per heavy atom. The van der Waals surface area contributed by atoms with E-state index >= 15 is 0 Å². The maximum Gasteiger partial charge on any atom is 0.0667 e. The zero-order valence-electron chi connectivity index (χ0n) is 7.74. The van der Waals surface area contributed by atoms with Gasteiger partial charge in [0, 0.05) is 28.9 Å². The predicted molar refractivity (Wildman–Crippen MR) is 62.3 cm³/mol. The van der Waals surface area contributed by atoms with Crippen molar-refractivity contribution < 1.29 is 5.11 Å². The molecule has 1 heterocycles. The summed E-state index contributed by atoms with van der Waals surface area (Å²) < 4.78 is 0. The lowest BCUT2D eigenvalue weighted by Gasteiger charge is -2.25. The Labute approximate surface area is 89.1 Å². The molecule has 1 rings (SSSR count). The van der Waals surface area contributed by atoms with Crippen LogP contribution in [0.2, 0.25) is 0 Å². The van der Waals surface area contributed by atoms with Gasteiger partial charge >= 0.3 is 0 Å². The summed E-state index contributed by atoms with van der Waals surface area (Å²) in [5.41, 5.74) is 0. The molecule has 0 bridgehead atoms. The van der Waals surface area contributed by atoms with E-state index < -0.39 is 0 Å². The molecule has 1 aliphatic heterocycles. The highest BCUT2D eigenvalue weighted by Gasteiger charge is 2.21. The van der Waals surface area contributed by atoms with Gasteiger partial charge in [-0.2, -0.15) is 23.5 Å². The fraction of sp³-hybridized carbons (Fsp3) is 0.800. The summed E-state index contributed by atoms with van der Waals surface area (Å²) in [4.78, 5) is 0. The third-order valence-corrected chi connectivity index (χ3v) is 5.00. The normalized spacial score (nSPS) is 25.1. The first-order valence-electron chi connectivity index (χ1n) is 4.65. The van der Waals surface area contributed by atoms with Crippen LogP contribution in [0.5, 0.6) is 0 Å². The molecule has 1 saturated heterocycles. The van der Waals surface area contributed by atoms with E-state index in [4.69, 9.17) is 6.42 Å². The summed E-state index contributed by atoms with van der Waals surface area (Å²) in [7, 11) is 0. The average molecular weight is 216 g/mol. The van der Waals surface area contributed by atoms with Crippen molar-refractivity contribution >= 4 is 23.5 Å². The zero-order valence-corrected chi connectivity index (χ0v) is 9.37. The number of thioether (sulfide) groups is 2. The fourth-order valence-electron chi connectivity index (χ4n) is 1.33. The zero-order chi connectivity index (χ0) is 9.52. The summed E-state index contributed by atoms with van der Waals surface area (Å²) in [5, 5.41) is 10.2. The Balaban J connectivity index is 2.14. The van der Waals surface area contributed by atoms with Crippen LogP contribution in [0, 0.1) is 12.3 Å². The molecule has 0 spiro atoms. The average Bonchev–Trinajstić information content (AvgIpc) is 2.19. The quantitative estimate of drug-likeness (QED) is 0.573. The molecule has 74 valence electrons. The van der Waals surface area contributed by atoms with E-state index in [2.05, 4.69) is 5.92 Å². The number of aliphatic hydroxyl groups excluding tert-OH is 1. The lowest BCUT2D eigenvalue weighted by molar-refractivity contribution is 0.164. The van der Waals surface area contributed by atoms with Crippen molar-refractivity contribution in [1.82, 2.24) is 0 Å².